The second kappa shape index (κ2) is 7.33. The van der Waals surface area contributed by atoms with E-state index in [2.05, 4.69) is 15.5 Å². The van der Waals surface area contributed by atoms with Gasteiger partial charge in [-0.2, -0.15) is 4.98 Å². The minimum absolute atomic E-state index is 0.0888. The van der Waals surface area contributed by atoms with Gasteiger partial charge in [-0.1, -0.05) is 18.2 Å². The van der Waals surface area contributed by atoms with E-state index < -0.39 is 6.04 Å². The Morgan fingerprint density at radius 2 is 2.12 bits per heavy atom. The molecule has 0 aliphatic carbocycles. The van der Waals surface area contributed by atoms with E-state index in [-0.39, 0.29) is 24.3 Å². The van der Waals surface area contributed by atoms with E-state index in [1.54, 1.807) is 19.0 Å². The number of rotatable bonds is 5. The number of amides is 2. The fraction of sp³-hybridized carbons (Fsp3) is 0.412. The number of hydrogen-bond donors (Lipinski definition) is 1. The highest BCUT2D eigenvalue weighted by Crippen LogP contribution is 2.20. The molecule has 1 saturated heterocycles. The summed E-state index contributed by atoms with van der Waals surface area (Å²) >= 11 is 0. The van der Waals surface area contributed by atoms with E-state index in [4.69, 9.17) is 4.52 Å². The first-order chi connectivity index (χ1) is 12.0. The van der Waals surface area contributed by atoms with E-state index in [9.17, 15) is 9.59 Å². The molecule has 8 heteroatoms. The number of hydrogen-bond acceptors (Lipinski definition) is 6. The Morgan fingerprint density at radius 3 is 2.84 bits per heavy atom. The average molecular weight is 343 g/mol. The average Bonchev–Trinajstić information content (AvgIpc) is 3.07. The van der Waals surface area contributed by atoms with Crippen molar-refractivity contribution in [3.8, 4) is 11.5 Å². The summed E-state index contributed by atoms with van der Waals surface area (Å²) in [6.45, 7) is 0.670. The summed E-state index contributed by atoms with van der Waals surface area (Å²) in [6, 6.07) is 8.97. The number of piperidine rings is 1. The van der Waals surface area contributed by atoms with E-state index >= 15 is 0 Å². The highest BCUT2D eigenvalue weighted by atomic mass is 16.5. The lowest BCUT2D eigenvalue weighted by Gasteiger charge is -2.32. The summed E-state index contributed by atoms with van der Waals surface area (Å²) in [7, 11) is 3.35. The summed E-state index contributed by atoms with van der Waals surface area (Å²) in [6.07, 6.45) is 1.48. The van der Waals surface area contributed by atoms with E-state index in [1.165, 1.54) is 4.90 Å². The van der Waals surface area contributed by atoms with Crippen molar-refractivity contribution >= 4 is 17.8 Å². The summed E-state index contributed by atoms with van der Waals surface area (Å²) in [5.74, 6) is 0.455. The maximum Gasteiger partial charge on any atom is 0.264 e. The summed E-state index contributed by atoms with van der Waals surface area (Å²) in [4.78, 5) is 31.8. The molecule has 1 unspecified atom stereocenters. The van der Waals surface area contributed by atoms with Gasteiger partial charge in [-0.15, -0.1) is 0 Å². The van der Waals surface area contributed by atoms with Gasteiger partial charge < -0.3 is 19.6 Å². The first-order valence-corrected chi connectivity index (χ1v) is 8.19. The standard InChI is InChI=1S/C17H21N5O3/c1-21(2)14(23)11-22-10-6-9-13(16(22)24)18-17-19-15(25-20-17)12-7-4-3-5-8-12/h3-5,7-8,13H,6,9-11H2,1-2H3,(H,18,20). The van der Waals surface area contributed by atoms with Crippen molar-refractivity contribution in [3.63, 3.8) is 0 Å². The van der Waals surface area contributed by atoms with Gasteiger partial charge in [0.2, 0.25) is 11.8 Å². The van der Waals surface area contributed by atoms with Crippen LogP contribution in [0.25, 0.3) is 11.5 Å². The summed E-state index contributed by atoms with van der Waals surface area (Å²) in [5.41, 5.74) is 0.816. The van der Waals surface area contributed by atoms with Gasteiger partial charge in [-0.3, -0.25) is 9.59 Å². The molecule has 2 amide bonds. The van der Waals surface area contributed by atoms with Crippen LogP contribution in [-0.2, 0) is 9.59 Å². The number of anilines is 1. The van der Waals surface area contributed by atoms with Crippen LogP contribution in [0.3, 0.4) is 0 Å². The van der Waals surface area contributed by atoms with Crippen molar-refractivity contribution in [1.29, 1.82) is 0 Å². The lowest BCUT2D eigenvalue weighted by Crippen LogP contribution is -2.50. The van der Waals surface area contributed by atoms with Gasteiger partial charge in [-0.05, 0) is 30.1 Å². The zero-order chi connectivity index (χ0) is 17.8. The van der Waals surface area contributed by atoms with Crippen LogP contribution in [0.2, 0.25) is 0 Å². The number of benzene rings is 1. The molecule has 25 heavy (non-hydrogen) atoms. The third kappa shape index (κ3) is 3.96. The molecular weight excluding hydrogens is 322 g/mol. The third-order valence-corrected chi connectivity index (χ3v) is 4.11. The molecule has 8 nitrogen and oxygen atoms in total. The Morgan fingerprint density at radius 1 is 1.36 bits per heavy atom. The largest absolute Gasteiger partial charge is 0.347 e. The molecule has 0 bridgehead atoms. The Kier molecular flexibility index (Phi) is 4.97. The van der Waals surface area contributed by atoms with Gasteiger partial charge >= 0.3 is 0 Å². The summed E-state index contributed by atoms with van der Waals surface area (Å²) in [5, 5.41) is 6.91. The molecule has 0 spiro atoms. The van der Waals surface area contributed by atoms with E-state index in [1.807, 2.05) is 30.3 Å². The SMILES string of the molecule is CN(C)C(=O)CN1CCCC(Nc2noc(-c3ccccc3)n2)C1=O. The van der Waals surface area contributed by atoms with Crippen molar-refractivity contribution < 1.29 is 14.1 Å². The van der Waals surface area contributed by atoms with Gasteiger partial charge in [0.15, 0.2) is 0 Å². The molecule has 1 N–H and O–H groups in total. The van der Waals surface area contributed by atoms with Crippen LogP contribution in [0, 0.1) is 0 Å². The minimum atomic E-state index is -0.454. The summed E-state index contributed by atoms with van der Waals surface area (Å²) < 4.78 is 5.24. The number of carbonyl (C=O) groups excluding carboxylic acids is 2. The highest BCUT2D eigenvalue weighted by Gasteiger charge is 2.31. The Labute approximate surface area is 145 Å². The molecule has 1 fully saturated rings. The monoisotopic (exact) mass is 343 g/mol. The third-order valence-electron chi connectivity index (χ3n) is 4.11. The van der Waals surface area contributed by atoms with E-state index in [0.29, 0.717) is 18.9 Å². The van der Waals surface area contributed by atoms with Gasteiger partial charge in [-0.25, -0.2) is 0 Å². The maximum atomic E-state index is 12.6. The first-order valence-electron chi connectivity index (χ1n) is 8.19. The van der Waals surface area contributed by atoms with Gasteiger partial charge in [0.25, 0.3) is 11.8 Å². The second-order valence-corrected chi connectivity index (χ2v) is 6.18. The molecule has 1 aliphatic rings. The zero-order valence-corrected chi connectivity index (χ0v) is 14.3. The molecule has 1 aromatic carbocycles. The molecule has 1 aliphatic heterocycles. The van der Waals surface area contributed by atoms with Crippen molar-refractivity contribution in [3.05, 3.63) is 30.3 Å². The van der Waals surface area contributed by atoms with E-state index in [0.717, 1.165) is 12.0 Å². The van der Waals surface area contributed by atoms with Crippen LogP contribution in [0.5, 0.6) is 0 Å². The molecule has 1 atom stereocenters. The topological polar surface area (TPSA) is 91.6 Å². The molecule has 1 aromatic heterocycles. The quantitative estimate of drug-likeness (QED) is 0.878. The molecule has 2 heterocycles. The normalized spacial score (nSPS) is 17.4. The predicted octanol–water partition coefficient (Wildman–Crippen LogP) is 1.23. The zero-order valence-electron chi connectivity index (χ0n) is 14.3. The molecular formula is C17H21N5O3. The Balaban J connectivity index is 1.65. The molecule has 0 saturated carbocycles. The predicted molar refractivity (Wildman–Crippen MR) is 91.7 cm³/mol. The maximum absolute atomic E-state index is 12.6. The van der Waals surface area contributed by atoms with Crippen LogP contribution in [0.1, 0.15) is 12.8 Å². The van der Waals surface area contributed by atoms with Crippen LogP contribution in [-0.4, -0.2) is 65.0 Å². The number of carbonyl (C=O) groups is 2. The van der Waals surface area contributed by atoms with Crippen LogP contribution in [0.15, 0.2) is 34.9 Å². The van der Waals surface area contributed by atoms with Crippen LogP contribution >= 0.6 is 0 Å². The lowest BCUT2D eigenvalue weighted by atomic mass is 10.0. The molecule has 3 rings (SSSR count). The van der Waals surface area contributed by atoms with Crippen molar-refractivity contribution in [2.45, 2.75) is 18.9 Å². The van der Waals surface area contributed by atoms with Crippen molar-refractivity contribution in [1.82, 2.24) is 19.9 Å². The van der Waals surface area contributed by atoms with Gasteiger partial charge in [0.1, 0.15) is 6.04 Å². The van der Waals surface area contributed by atoms with Crippen LogP contribution in [0.4, 0.5) is 5.95 Å². The number of nitrogens with zero attached hydrogens (tertiary/aromatic N) is 4. The molecule has 0 radical (unpaired) electrons. The van der Waals surface area contributed by atoms with Crippen LogP contribution < -0.4 is 5.32 Å². The smallest absolute Gasteiger partial charge is 0.264 e. The van der Waals surface area contributed by atoms with Gasteiger partial charge in [0.05, 0.1) is 6.54 Å². The second-order valence-electron chi connectivity index (χ2n) is 6.18. The fourth-order valence-corrected chi connectivity index (χ4v) is 2.67. The van der Waals surface area contributed by atoms with Crippen molar-refractivity contribution in [2.24, 2.45) is 0 Å². The highest BCUT2D eigenvalue weighted by molar-refractivity contribution is 5.89. The minimum Gasteiger partial charge on any atom is -0.347 e. The molecule has 2 aromatic rings. The van der Waals surface area contributed by atoms with Crippen molar-refractivity contribution in [2.75, 3.05) is 32.5 Å². The Hall–Kier alpha value is -2.90. The fourth-order valence-electron chi connectivity index (χ4n) is 2.67. The number of nitrogens with one attached hydrogen (secondary N) is 1. The number of likely N-dealkylation sites (N-methyl/N-ethyl adjacent to an activating group) is 1. The Bertz CT molecular complexity index is 744. The number of likely N-dealkylation sites (tertiary alicyclic amines) is 1. The molecule has 132 valence electrons. The lowest BCUT2D eigenvalue weighted by molar-refractivity contribution is -0.141. The number of aromatic nitrogens is 2. The first kappa shape index (κ1) is 16.9. The van der Waals surface area contributed by atoms with Gasteiger partial charge in [0, 0.05) is 26.2 Å².